The lowest BCUT2D eigenvalue weighted by atomic mass is 10.1. The molecule has 3 heteroatoms. The second-order valence-electron chi connectivity index (χ2n) is 5.92. The second-order valence-corrected chi connectivity index (χ2v) is 6.83. The van der Waals surface area contributed by atoms with Gasteiger partial charge in [-0.3, -0.25) is 4.99 Å². The number of aliphatic imine (C=N–C) groups is 1. The molecule has 3 rings (SSSR count). The standard InChI is InChI=1S/C21H21BrN2/c1-4-17-5-11-21(12-6-17)24-15(2)13-18(16(24)3)14-23-20-9-7-19(22)8-10-20/h5-14H,4H2,1-3H3. The van der Waals surface area contributed by atoms with Crippen LogP contribution in [0.15, 0.2) is 64.1 Å². The van der Waals surface area contributed by atoms with Crippen LogP contribution in [0.5, 0.6) is 0 Å². The summed E-state index contributed by atoms with van der Waals surface area (Å²) in [4.78, 5) is 4.59. The predicted molar refractivity (Wildman–Crippen MR) is 106 cm³/mol. The summed E-state index contributed by atoms with van der Waals surface area (Å²) in [6.45, 7) is 6.46. The van der Waals surface area contributed by atoms with Gasteiger partial charge in [-0.15, -0.1) is 0 Å². The molecule has 0 amide bonds. The minimum absolute atomic E-state index is 0.954. The van der Waals surface area contributed by atoms with E-state index in [0.29, 0.717) is 0 Å². The van der Waals surface area contributed by atoms with Gasteiger partial charge in [0, 0.05) is 33.3 Å². The first-order valence-electron chi connectivity index (χ1n) is 8.16. The molecule has 0 aliphatic carbocycles. The normalized spacial score (nSPS) is 11.3. The van der Waals surface area contributed by atoms with Crippen molar-refractivity contribution in [2.45, 2.75) is 27.2 Å². The number of aryl methyl sites for hydroxylation is 2. The SMILES string of the molecule is CCc1ccc(-n2c(C)cc(C=Nc3ccc(Br)cc3)c2C)cc1. The van der Waals surface area contributed by atoms with E-state index in [-0.39, 0.29) is 0 Å². The van der Waals surface area contributed by atoms with Crippen molar-refractivity contribution >= 4 is 27.8 Å². The lowest BCUT2D eigenvalue weighted by Crippen LogP contribution is -1.99. The molecular formula is C21H21BrN2. The van der Waals surface area contributed by atoms with Gasteiger partial charge < -0.3 is 4.57 Å². The maximum absolute atomic E-state index is 4.59. The van der Waals surface area contributed by atoms with Crippen LogP contribution in [0.1, 0.15) is 29.4 Å². The van der Waals surface area contributed by atoms with E-state index in [1.807, 2.05) is 30.5 Å². The van der Waals surface area contributed by atoms with Crippen LogP contribution in [-0.2, 0) is 6.42 Å². The highest BCUT2D eigenvalue weighted by atomic mass is 79.9. The maximum Gasteiger partial charge on any atom is 0.0630 e. The van der Waals surface area contributed by atoms with E-state index in [1.165, 1.54) is 22.6 Å². The van der Waals surface area contributed by atoms with Crippen LogP contribution >= 0.6 is 15.9 Å². The molecule has 122 valence electrons. The molecular weight excluding hydrogens is 360 g/mol. The van der Waals surface area contributed by atoms with Crippen LogP contribution in [0, 0.1) is 13.8 Å². The molecule has 0 aliphatic heterocycles. The van der Waals surface area contributed by atoms with E-state index < -0.39 is 0 Å². The van der Waals surface area contributed by atoms with Gasteiger partial charge in [0.1, 0.15) is 0 Å². The van der Waals surface area contributed by atoms with Gasteiger partial charge in [-0.25, -0.2) is 0 Å². The number of nitrogens with zero attached hydrogens (tertiary/aromatic N) is 2. The van der Waals surface area contributed by atoms with Crippen molar-refractivity contribution in [3.8, 4) is 5.69 Å². The lowest BCUT2D eigenvalue weighted by Gasteiger charge is -2.10. The predicted octanol–water partition coefficient (Wildman–Crippen LogP) is 6.17. The molecule has 0 unspecified atom stereocenters. The lowest BCUT2D eigenvalue weighted by molar-refractivity contribution is 0.962. The van der Waals surface area contributed by atoms with E-state index in [9.17, 15) is 0 Å². The minimum Gasteiger partial charge on any atom is -0.318 e. The van der Waals surface area contributed by atoms with Crippen molar-refractivity contribution in [2.24, 2.45) is 4.99 Å². The fourth-order valence-corrected chi connectivity index (χ4v) is 3.13. The minimum atomic E-state index is 0.954. The molecule has 0 aliphatic rings. The van der Waals surface area contributed by atoms with Crippen LogP contribution in [0.4, 0.5) is 5.69 Å². The Kier molecular flexibility index (Phi) is 5.00. The van der Waals surface area contributed by atoms with Crippen LogP contribution in [0.2, 0.25) is 0 Å². The van der Waals surface area contributed by atoms with Crippen molar-refractivity contribution in [2.75, 3.05) is 0 Å². The van der Waals surface area contributed by atoms with Crippen molar-refractivity contribution in [3.63, 3.8) is 0 Å². The van der Waals surface area contributed by atoms with Gasteiger partial charge in [0.25, 0.3) is 0 Å². The highest BCUT2D eigenvalue weighted by molar-refractivity contribution is 9.10. The highest BCUT2D eigenvalue weighted by Gasteiger charge is 2.09. The molecule has 2 aromatic carbocycles. The van der Waals surface area contributed by atoms with Crippen molar-refractivity contribution in [3.05, 3.63) is 81.6 Å². The third-order valence-electron chi connectivity index (χ3n) is 4.25. The largest absolute Gasteiger partial charge is 0.318 e. The Morgan fingerprint density at radius 1 is 1.00 bits per heavy atom. The number of hydrogen-bond donors (Lipinski definition) is 0. The molecule has 0 atom stereocenters. The zero-order chi connectivity index (χ0) is 17.1. The molecule has 0 saturated heterocycles. The van der Waals surface area contributed by atoms with Gasteiger partial charge in [-0.05, 0) is 68.3 Å². The summed E-state index contributed by atoms with van der Waals surface area (Å²) >= 11 is 3.45. The molecule has 24 heavy (non-hydrogen) atoms. The average Bonchev–Trinajstić information content (AvgIpc) is 2.88. The number of halogens is 1. The summed E-state index contributed by atoms with van der Waals surface area (Å²) in [5.74, 6) is 0. The maximum atomic E-state index is 4.59. The van der Waals surface area contributed by atoms with E-state index in [2.05, 4.69) is 76.6 Å². The second kappa shape index (κ2) is 7.18. The number of aromatic nitrogens is 1. The monoisotopic (exact) mass is 380 g/mol. The fourth-order valence-electron chi connectivity index (χ4n) is 2.87. The topological polar surface area (TPSA) is 17.3 Å². The summed E-state index contributed by atoms with van der Waals surface area (Å²) < 4.78 is 3.35. The average molecular weight is 381 g/mol. The van der Waals surface area contributed by atoms with Gasteiger partial charge >= 0.3 is 0 Å². The molecule has 2 nitrogen and oxygen atoms in total. The first-order chi connectivity index (χ1) is 11.6. The van der Waals surface area contributed by atoms with Crippen molar-refractivity contribution in [1.82, 2.24) is 4.57 Å². The van der Waals surface area contributed by atoms with E-state index in [4.69, 9.17) is 0 Å². The van der Waals surface area contributed by atoms with Crippen LogP contribution in [0.25, 0.3) is 5.69 Å². The van der Waals surface area contributed by atoms with Gasteiger partial charge in [-0.2, -0.15) is 0 Å². The van der Waals surface area contributed by atoms with Crippen LogP contribution < -0.4 is 0 Å². The Balaban J connectivity index is 1.92. The first-order valence-corrected chi connectivity index (χ1v) is 8.95. The Bertz CT molecular complexity index is 856. The highest BCUT2D eigenvalue weighted by Crippen LogP contribution is 2.22. The van der Waals surface area contributed by atoms with E-state index in [1.54, 1.807) is 0 Å². The third-order valence-corrected chi connectivity index (χ3v) is 4.78. The molecule has 0 spiro atoms. The van der Waals surface area contributed by atoms with Crippen LogP contribution in [0.3, 0.4) is 0 Å². The zero-order valence-electron chi connectivity index (χ0n) is 14.3. The Morgan fingerprint density at radius 3 is 2.29 bits per heavy atom. The summed E-state index contributed by atoms with van der Waals surface area (Å²) in [5, 5.41) is 0. The smallest absolute Gasteiger partial charge is 0.0630 e. The van der Waals surface area contributed by atoms with Crippen molar-refractivity contribution < 1.29 is 0 Å². The number of rotatable bonds is 4. The molecule has 0 fully saturated rings. The first kappa shape index (κ1) is 16.7. The number of benzene rings is 2. The quantitative estimate of drug-likeness (QED) is 0.481. The summed E-state index contributed by atoms with van der Waals surface area (Å²) in [7, 11) is 0. The van der Waals surface area contributed by atoms with Gasteiger partial charge in [0.15, 0.2) is 0 Å². The third kappa shape index (κ3) is 3.51. The Morgan fingerprint density at radius 2 is 1.67 bits per heavy atom. The Labute approximate surface area is 152 Å². The van der Waals surface area contributed by atoms with Gasteiger partial charge in [0.05, 0.1) is 5.69 Å². The van der Waals surface area contributed by atoms with Gasteiger partial charge in [-0.1, -0.05) is 35.0 Å². The molecule has 0 bridgehead atoms. The Hall–Kier alpha value is -2.13. The summed E-state index contributed by atoms with van der Waals surface area (Å²) in [6.07, 6.45) is 3.01. The molecule has 3 aromatic rings. The molecule has 1 heterocycles. The van der Waals surface area contributed by atoms with E-state index >= 15 is 0 Å². The molecule has 0 saturated carbocycles. The zero-order valence-corrected chi connectivity index (χ0v) is 15.8. The molecule has 1 aromatic heterocycles. The number of hydrogen-bond acceptors (Lipinski definition) is 1. The van der Waals surface area contributed by atoms with Gasteiger partial charge in [0.2, 0.25) is 0 Å². The van der Waals surface area contributed by atoms with E-state index in [0.717, 1.165) is 22.1 Å². The summed E-state index contributed by atoms with van der Waals surface area (Å²) in [5.41, 5.74) is 7.08. The van der Waals surface area contributed by atoms with Crippen molar-refractivity contribution in [1.29, 1.82) is 0 Å². The van der Waals surface area contributed by atoms with Crippen LogP contribution in [-0.4, -0.2) is 10.8 Å². The summed E-state index contributed by atoms with van der Waals surface area (Å²) in [6, 6.07) is 19.0. The molecule has 0 N–H and O–H groups in total. The molecule has 0 radical (unpaired) electrons. The fraction of sp³-hybridized carbons (Fsp3) is 0.190.